The van der Waals surface area contributed by atoms with Crippen molar-refractivity contribution in [3.63, 3.8) is 0 Å². The van der Waals surface area contributed by atoms with Crippen LogP contribution >= 0.6 is 0 Å². The lowest BCUT2D eigenvalue weighted by Gasteiger charge is -2.09. The molecular formula is C32H26N6O. The van der Waals surface area contributed by atoms with Crippen molar-refractivity contribution in [2.24, 2.45) is 0 Å². The lowest BCUT2D eigenvalue weighted by Crippen LogP contribution is -2.14. The predicted molar refractivity (Wildman–Crippen MR) is 155 cm³/mol. The molecule has 0 atom stereocenters. The van der Waals surface area contributed by atoms with Gasteiger partial charge in [0.05, 0.1) is 23.2 Å². The van der Waals surface area contributed by atoms with Gasteiger partial charge in [-0.3, -0.25) is 4.79 Å². The maximum absolute atomic E-state index is 12.8. The largest absolute Gasteiger partial charge is 0.326 e. The zero-order valence-corrected chi connectivity index (χ0v) is 21.4. The Morgan fingerprint density at radius 3 is 2.54 bits per heavy atom. The third-order valence-corrected chi connectivity index (χ3v) is 6.35. The van der Waals surface area contributed by atoms with Crippen molar-refractivity contribution in [3.8, 4) is 22.5 Å². The van der Waals surface area contributed by atoms with Crippen LogP contribution in [-0.2, 0) is 11.2 Å². The molecule has 6 rings (SSSR count). The summed E-state index contributed by atoms with van der Waals surface area (Å²) < 4.78 is 1.85. The quantitative estimate of drug-likeness (QED) is 0.250. The average Bonchev–Trinajstić information content (AvgIpc) is 3.34. The summed E-state index contributed by atoms with van der Waals surface area (Å²) in [5.74, 6) is 0.428. The molecule has 0 bridgehead atoms. The summed E-state index contributed by atoms with van der Waals surface area (Å²) in [6.07, 6.45) is 3.97. The second-order valence-electron chi connectivity index (χ2n) is 9.31. The first-order chi connectivity index (χ1) is 19.1. The smallest absolute Gasteiger partial charge is 0.228 e. The van der Waals surface area contributed by atoms with Gasteiger partial charge in [-0.2, -0.15) is 5.10 Å². The molecule has 190 valence electrons. The first kappa shape index (κ1) is 24.1. The summed E-state index contributed by atoms with van der Waals surface area (Å²) >= 11 is 0. The minimum absolute atomic E-state index is 0.0691. The van der Waals surface area contributed by atoms with Crippen molar-refractivity contribution in [3.05, 3.63) is 127 Å². The average molecular weight is 511 g/mol. The first-order valence-electron chi connectivity index (χ1n) is 12.7. The van der Waals surface area contributed by atoms with E-state index in [2.05, 4.69) is 15.6 Å². The van der Waals surface area contributed by atoms with Gasteiger partial charge in [0.2, 0.25) is 11.9 Å². The maximum Gasteiger partial charge on any atom is 0.228 e. The number of para-hydroxylation sites is 1. The number of hydrogen-bond acceptors (Lipinski definition) is 5. The molecule has 2 N–H and O–H groups in total. The number of nitrogens with zero attached hydrogens (tertiary/aromatic N) is 4. The molecule has 0 fully saturated rings. The van der Waals surface area contributed by atoms with Gasteiger partial charge in [0, 0.05) is 29.3 Å². The van der Waals surface area contributed by atoms with Crippen LogP contribution in [0.25, 0.3) is 28.0 Å². The zero-order chi connectivity index (χ0) is 26.6. The number of fused-ring (bicyclic) bond motifs is 1. The van der Waals surface area contributed by atoms with E-state index in [0.29, 0.717) is 18.1 Å². The van der Waals surface area contributed by atoms with E-state index in [-0.39, 0.29) is 5.91 Å². The molecule has 0 saturated heterocycles. The van der Waals surface area contributed by atoms with Gasteiger partial charge in [0.1, 0.15) is 5.69 Å². The zero-order valence-electron chi connectivity index (χ0n) is 21.4. The number of anilines is 3. The summed E-state index contributed by atoms with van der Waals surface area (Å²) in [7, 11) is 0. The number of aryl methyl sites for hydroxylation is 1. The minimum Gasteiger partial charge on any atom is -0.326 e. The standard InChI is InChI=1S/C32H26N6O/c1-22-9-7-10-23(19-22)20-29(39)34-26-14-8-11-24(21-26)31-30(28-15-5-6-18-38(28)37-31)27-16-17-33-32(36-27)35-25-12-3-2-4-13-25/h2-19,21H,20H2,1H3,(H,34,39)(H,33,35,36). The molecule has 7 heteroatoms. The number of hydrogen-bond donors (Lipinski definition) is 2. The fraction of sp³-hybridized carbons (Fsp3) is 0.0625. The van der Waals surface area contributed by atoms with E-state index >= 15 is 0 Å². The molecular weight excluding hydrogens is 484 g/mol. The molecule has 3 aromatic heterocycles. The molecule has 0 aliphatic carbocycles. The van der Waals surface area contributed by atoms with E-state index in [1.165, 1.54) is 0 Å². The van der Waals surface area contributed by atoms with Crippen molar-refractivity contribution in [1.82, 2.24) is 19.6 Å². The van der Waals surface area contributed by atoms with Gasteiger partial charge >= 0.3 is 0 Å². The van der Waals surface area contributed by atoms with Crippen LogP contribution in [-0.4, -0.2) is 25.5 Å². The summed E-state index contributed by atoms with van der Waals surface area (Å²) in [5.41, 5.74) is 7.92. The Kier molecular flexibility index (Phi) is 6.53. The molecule has 3 aromatic carbocycles. The van der Waals surface area contributed by atoms with Gasteiger partial charge in [-0.25, -0.2) is 14.5 Å². The van der Waals surface area contributed by atoms with E-state index < -0.39 is 0 Å². The van der Waals surface area contributed by atoms with Crippen molar-refractivity contribution in [2.45, 2.75) is 13.3 Å². The Labute approximate surface area is 226 Å². The van der Waals surface area contributed by atoms with Crippen molar-refractivity contribution in [2.75, 3.05) is 10.6 Å². The van der Waals surface area contributed by atoms with E-state index in [1.807, 2.05) is 121 Å². The summed E-state index contributed by atoms with van der Waals surface area (Å²) in [6.45, 7) is 2.02. The Hall–Kier alpha value is -5.30. The molecule has 0 unspecified atom stereocenters. The van der Waals surface area contributed by atoms with Crippen LogP contribution in [0.3, 0.4) is 0 Å². The summed E-state index contributed by atoms with van der Waals surface area (Å²) in [4.78, 5) is 22.0. The summed E-state index contributed by atoms with van der Waals surface area (Å²) in [6, 6.07) is 33.4. The Bertz CT molecular complexity index is 1780. The van der Waals surface area contributed by atoms with Crippen LogP contribution in [0.15, 0.2) is 116 Å². The van der Waals surface area contributed by atoms with Gasteiger partial charge in [-0.15, -0.1) is 0 Å². The van der Waals surface area contributed by atoms with Crippen molar-refractivity contribution < 1.29 is 4.79 Å². The van der Waals surface area contributed by atoms with Gasteiger partial charge in [0.25, 0.3) is 0 Å². The number of aromatic nitrogens is 4. The van der Waals surface area contributed by atoms with Crippen LogP contribution in [0, 0.1) is 6.92 Å². The van der Waals surface area contributed by atoms with Crippen molar-refractivity contribution >= 4 is 28.7 Å². The van der Waals surface area contributed by atoms with Crippen LogP contribution in [0.1, 0.15) is 11.1 Å². The second kappa shape index (κ2) is 10.6. The minimum atomic E-state index is -0.0691. The third-order valence-electron chi connectivity index (χ3n) is 6.35. The fourth-order valence-electron chi connectivity index (χ4n) is 4.62. The topological polar surface area (TPSA) is 84.2 Å². The van der Waals surface area contributed by atoms with Gasteiger partial charge in [0.15, 0.2) is 0 Å². The van der Waals surface area contributed by atoms with Gasteiger partial charge in [-0.05, 0) is 55.0 Å². The number of pyridine rings is 1. The number of nitrogens with one attached hydrogen (secondary N) is 2. The molecule has 0 saturated carbocycles. The number of carbonyl (C=O) groups is 1. The lowest BCUT2D eigenvalue weighted by atomic mass is 10.0. The summed E-state index contributed by atoms with van der Waals surface area (Å²) in [5, 5.41) is 11.2. The Morgan fingerprint density at radius 2 is 1.67 bits per heavy atom. The van der Waals surface area contributed by atoms with E-state index in [4.69, 9.17) is 10.1 Å². The molecule has 39 heavy (non-hydrogen) atoms. The van der Waals surface area contributed by atoms with Crippen molar-refractivity contribution in [1.29, 1.82) is 0 Å². The molecule has 0 aliphatic heterocycles. The normalized spacial score (nSPS) is 10.9. The Balaban J connectivity index is 1.34. The highest BCUT2D eigenvalue weighted by atomic mass is 16.1. The van der Waals surface area contributed by atoms with Gasteiger partial charge in [-0.1, -0.05) is 66.2 Å². The monoisotopic (exact) mass is 510 g/mol. The highest BCUT2D eigenvalue weighted by Crippen LogP contribution is 2.35. The first-order valence-corrected chi connectivity index (χ1v) is 12.7. The molecule has 7 nitrogen and oxygen atoms in total. The SMILES string of the molecule is Cc1cccc(CC(=O)Nc2cccc(-c3nn4ccccc4c3-c3ccnc(Nc4ccccc4)n3)c2)c1. The molecule has 0 spiro atoms. The second-order valence-corrected chi connectivity index (χ2v) is 9.31. The molecule has 3 heterocycles. The van der Waals surface area contributed by atoms with Gasteiger partial charge < -0.3 is 10.6 Å². The van der Waals surface area contributed by atoms with Crippen LogP contribution in [0.2, 0.25) is 0 Å². The number of rotatable bonds is 7. The number of benzene rings is 3. The van der Waals surface area contributed by atoms with E-state index in [0.717, 1.165) is 44.8 Å². The van der Waals surface area contributed by atoms with E-state index in [9.17, 15) is 4.79 Å². The number of carbonyl (C=O) groups excluding carboxylic acids is 1. The van der Waals surface area contributed by atoms with Crippen LogP contribution in [0.4, 0.5) is 17.3 Å². The molecule has 0 aliphatic rings. The van der Waals surface area contributed by atoms with Crippen LogP contribution < -0.4 is 10.6 Å². The predicted octanol–water partition coefficient (Wildman–Crippen LogP) is 6.69. The third kappa shape index (κ3) is 5.38. The Morgan fingerprint density at radius 1 is 0.846 bits per heavy atom. The number of amides is 1. The maximum atomic E-state index is 12.8. The molecule has 1 amide bonds. The molecule has 6 aromatic rings. The molecule has 0 radical (unpaired) electrons. The van der Waals surface area contributed by atoms with E-state index in [1.54, 1.807) is 6.20 Å². The van der Waals surface area contributed by atoms with Crippen LogP contribution in [0.5, 0.6) is 0 Å². The highest BCUT2D eigenvalue weighted by Gasteiger charge is 2.18. The lowest BCUT2D eigenvalue weighted by molar-refractivity contribution is -0.115. The fourth-order valence-corrected chi connectivity index (χ4v) is 4.62. The highest BCUT2D eigenvalue weighted by molar-refractivity contribution is 5.95.